The quantitative estimate of drug-likeness (QED) is 0.760. The molecular formula is C12H12FNOS. The van der Waals surface area contributed by atoms with Gasteiger partial charge in [-0.05, 0) is 36.6 Å². The van der Waals surface area contributed by atoms with E-state index in [0.29, 0.717) is 0 Å². The molecule has 0 saturated carbocycles. The van der Waals surface area contributed by atoms with E-state index >= 15 is 0 Å². The van der Waals surface area contributed by atoms with Gasteiger partial charge in [0.25, 0.3) is 0 Å². The number of hydrogen-bond acceptors (Lipinski definition) is 2. The fraction of sp³-hybridized carbons (Fsp3) is 0.167. The number of ether oxygens (including phenoxy) is 1. The second-order valence-electron chi connectivity index (χ2n) is 3.24. The summed E-state index contributed by atoms with van der Waals surface area (Å²) in [5.74, 6) is 0.602. The van der Waals surface area contributed by atoms with E-state index in [-0.39, 0.29) is 5.82 Å². The lowest BCUT2D eigenvalue weighted by Crippen LogP contribution is -1.94. The van der Waals surface area contributed by atoms with E-state index in [0.717, 1.165) is 16.5 Å². The summed E-state index contributed by atoms with van der Waals surface area (Å²) in [5, 5.41) is 1.01. The van der Waals surface area contributed by atoms with Crippen molar-refractivity contribution in [3.63, 3.8) is 0 Å². The van der Waals surface area contributed by atoms with Gasteiger partial charge in [0.2, 0.25) is 0 Å². The molecule has 0 radical (unpaired) electrons. The Morgan fingerprint density at radius 1 is 1.19 bits per heavy atom. The zero-order valence-corrected chi connectivity index (χ0v) is 9.92. The fourth-order valence-electron chi connectivity index (χ4n) is 1.56. The number of rotatable bonds is 3. The predicted octanol–water partition coefficient (Wildman–Crippen LogP) is 3.35. The SMILES string of the molecule is COc1ccn(-c2ccc(F)cc2)c1SC. The third-order valence-electron chi connectivity index (χ3n) is 2.32. The monoisotopic (exact) mass is 237 g/mol. The summed E-state index contributed by atoms with van der Waals surface area (Å²) >= 11 is 1.60. The molecule has 0 saturated heterocycles. The van der Waals surface area contributed by atoms with Gasteiger partial charge in [-0.2, -0.15) is 0 Å². The number of hydrogen-bond donors (Lipinski definition) is 0. The first kappa shape index (κ1) is 11.1. The number of aromatic nitrogens is 1. The van der Waals surface area contributed by atoms with Gasteiger partial charge in [0.15, 0.2) is 5.75 Å². The van der Waals surface area contributed by atoms with Gasteiger partial charge in [0.1, 0.15) is 10.8 Å². The summed E-state index contributed by atoms with van der Waals surface area (Å²) in [4.78, 5) is 0. The molecule has 2 rings (SSSR count). The Morgan fingerprint density at radius 2 is 1.88 bits per heavy atom. The van der Waals surface area contributed by atoms with Crippen molar-refractivity contribution in [1.82, 2.24) is 4.57 Å². The van der Waals surface area contributed by atoms with Crippen molar-refractivity contribution in [2.45, 2.75) is 5.03 Å². The number of thioether (sulfide) groups is 1. The van der Waals surface area contributed by atoms with Gasteiger partial charge in [-0.1, -0.05) is 0 Å². The van der Waals surface area contributed by atoms with Crippen LogP contribution >= 0.6 is 11.8 Å². The van der Waals surface area contributed by atoms with Crippen LogP contribution in [0.25, 0.3) is 5.69 Å². The van der Waals surface area contributed by atoms with Crippen molar-refractivity contribution in [3.8, 4) is 11.4 Å². The Morgan fingerprint density at radius 3 is 2.44 bits per heavy atom. The van der Waals surface area contributed by atoms with Gasteiger partial charge in [0, 0.05) is 11.9 Å². The second-order valence-corrected chi connectivity index (χ2v) is 4.03. The van der Waals surface area contributed by atoms with Gasteiger partial charge in [0.05, 0.1) is 7.11 Å². The van der Waals surface area contributed by atoms with E-state index in [1.807, 2.05) is 23.1 Å². The summed E-state index contributed by atoms with van der Waals surface area (Å²) in [5.41, 5.74) is 0.925. The maximum atomic E-state index is 12.8. The first-order chi connectivity index (χ1) is 7.76. The Labute approximate surface area is 98.0 Å². The molecule has 1 aromatic heterocycles. The molecular weight excluding hydrogens is 225 g/mol. The summed E-state index contributed by atoms with van der Waals surface area (Å²) in [7, 11) is 1.64. The van der Waals surface area contributed by atoms with Crippen LogP contribution in [-0.2, 0) is 0 Å². The Balaban J connectivity index is 2.47. The number of benzene rings is 1. The van der Waals surface area contributed by atoms with Crippen molar-refractivity contribution in [3.05, 3.63) is 42.3 Å². The van der Waals surface area contributed by atoms with Crippen LogP contribution in [0.3, 0.4) is 0 Å². The van der Waals surface area contributed by atoms with Crippen LogP contribution in [0.15, 0.2) is 41.6 Å². The van der Waals surface area contributed by atoms with Gasteiger partial charge in [-0.25, -0.2) is 4.39 Å². The van der Waals surface area contributed by atoms with Gasteiger partial charge in [-0.3, -0.25) is 0 Å². The number of nitrogens with zero attached hydrogens (tertiary/aromatic N) is 1. The lowest BCUT2D eigenvalue weighted by Gasteiger charge is -2.08. The van der Waals surface area contributed by atoms with Crippen molar-refractivity contribution in [2.75, 3.05) is 13.4 Å². The van der Waals surface area contributed by atoms with Gasteiger partial charge < -0.3 is 9.30 Å². The Bertz CT molecular complexity index is 478. The van der Waals surface area contributed by atoms with Crippen LogP contribution in [0.1, 0.15) is 0 Å². The number of methoxy groups -OCH3 is 1. The van der Waals surface area contributed by atoms with Crippen LogP contribution in [-0.4, -0.2) is 17.9 Å². The molecule has 2 aromatic rings. The normalized spacial score (nSPS) is 10.4. The first-order valence-electron chi connectivity index (χ1n) is 4.81. The van der Waals surface area contributed by atoms with E-state index in [9.17, 15) is 4.39 Å². The molecule has 2 nitrogen and oxygen atoms in total. The Kier molecular flexibility index (Phi) is 3.19. The maximum Gasteiger partial charge on any atom is 0.150 e. The summed E-state index contributed by atoms with van der Waals surface area (Å²) in [6, 6.07) is 8.29. The van der Waals surface area contributed by atoms with Crippen LogP contribution in [0.4, 0.5) is 4.39 Å². The average Bonchev–Trinajstić information content (AvgIpc) is 2.72. The molecule has 0 bridgehead atoms. The minimum absolute atomic E-state index is 0.228. The standard InChI is InChI=1S/C12H12FNOS/c1-15-11-7-8-14(12(11)16-2)10-5-3-9(13)4-6-10/h3-8H,1-2H3. The molecule has 1 heterocycles. The number of halogens is 1. The molecule has 0 atom stereocenters. The molecule has 0 N–H and O–H groups in total. The van der Waals surface area contributed by atoms with Gasteiger partial charge in [-0.15, -0.1) is 11.8 Å². The minimum atomic E-state index is -0.228. The minimum Gasteiger partial charge on any atom is -0.494 e. The van der Waals surface area contributed by atoms with Crippen LogP contribution < -0.4 is 4.74 Å². The zero-order valence-electron chi connectivity index (χ0n) is 9.11. The molecule has 84 valence electrons. The lowest BCUT2D eigenvalue weighted by molar-refractivity contribution is 0.403. The van der Waals surface area contributed by atoms with Crippen LogP contribution in [0, 0.1) is 5.82 Å². The molecule has 0 aliphatic carbocycles. The molecule has 4 heteroatoms. The van der Waals surface area contributed by atoms with E-state index in [1.54, 1.807) is 31.0 Å². The Hall–Kier alpha value is -1.42. The largest absolute Gasteiger partial charge is 0.494 e. The molecule has 0 aliphatic heterocycles. The molecule has 16 heavy (non-hydrogen) atoms. The third-order valence-corrected chi connectivity index (χ3v) is 3.11. The van der Waals surface area contributed by atoms with E-state index < -0.39 is 0 Å². The highest BCUT2D eigenvalue weighted by molar-refractivity contribution is 7.98. The van der Waals surface area contributed by atoms with Crippen molar-refractivity contribution >= 4 is 11.8 Å². The van der Waals surface area contributed by atoms with Crippen molar-refractivity contribution < 1.29 is 9.13 Å². The summed E-state index contributed by atoms with van der Waals surface area (Å²) in [6.07, 6.45) is 3.90. The molecule has 1 aromatic carbocycles. The molecule has 0 spiro atoms. The summed E-state index contributed by atoms with van der Waals surface area (Å²) in [6.45, 7) is 0. The van der Waals surface area contributed by atoms with Gasteiger partial charge >= 0.3 is 0 Å². The highest BCUT2D eigenvalue weighted by atomic mass is 32.2. The topological polar surface area (TPSA) is 14.2 Å². The van der Waals surface area contributed by atoms with Crippen LogP contribution in [0.5, 0.6) is 5.75 Å². The molecule has 0 aliphatic rings. The van der Waals surface area contributed by atoms with Crippen LogP contribution in [0.2, 0.25) is 0 Å². The zero-order chi connectivity index (χ0) is 11.5. The second kappa shape index (κ2) is 4.61. The van der Waals surface area contributed by atoms with Crippen molar-refractivity contribution in [2.24, 2.45) is 0 Å². The predicted molar refractivity (Wildman–Crippen MR) is 64.1 cm³/mol. The van der Waals surface area contributed by atoms with E-state index in [2.05, 4.69) is 0 Å². The maximum absolute atomic E-state index is 12.8. The van der Waals surface area contributed by atoms with E-state index in [1.165, 1.54) is 12.1 Å². The molecule has 0 unspecified atom stereocenters. The first-order valence-corrected chi connectivity index (χ1v) is 6.04. The molecule has 0 amide bonds. The summed E-state index contributed by atoms with van der Waals surface area (Å²) < 4.78 is 20.0. The lowest BCUT2D eigenvalue weighted by atomic mass is 10.3. The third kappa shape index (κ3) is 1.93. The van der Waals surface area contributed by atoms with E-state index in [4.69, 9.17) is 4.74 Å². The highest BCUT2D eigenvalue weighted by Crippen LogP contribution is 2.31. The smallest absolute Gasteiger partial charge is 0.150 e. The average molecular weight is 237 g/mol. The van der Waals surface area contributed by atoms with Crippen molar-refractivity contribution in [1.29, 1.82) is 0 Å². The molecule has 0 fully saturated rings. The fourth-order valence-corrected chi connectivity index (χ4v) is 2.27. The highest BCUT2D eigenvalue weighted by Gasteiger charge is 2.09.